The molecule has 0 spiro atoms. The molecule has 0 unspecified atom stereocenters. The highest BCUT2D eigenvalue weighted by Crippen LogP contribution is 2.26. The molecule has 0 radical (unpaired) electrons. The zero-order valence-corrected chi connectivity index (χ0v) is 9.72. The summed E-state index contributed by atoms with van der Waals surface area (Å²) in [7, 11) is 0. The number of ether oxygens (including phenoxy) is 1. The summed E-state index contributed by atoms with van der Waals surface area (Å²) in [6.07, 6.45) is -3.51. The van der Waals surface area contributed by atoms with Crippen LogP contribution in [0, 0.1) is 0 Å². The molecule has 1 N–H and O–H groups in total. The second kappa shape index (κ2) is 4.89. The van der Waals surface area contributed by atoms with E-state index in [1.54, 1.807) is 24.3 Å². The van der Waals surface area contributed by atoms with E-state index in [2.05, 4.69) is 14.9 Å². The highest BCUT2D eigenvalue weighted by molar-refractivity contribution is 6.30. The van der Waals surface area contributed by atoms with E-state index in [1.165, 1.54) is 0 Å². The highest BCUT2D eigenvalue weighted by atomic mass is 35.5. The Balaban J connectivity index is 2.17. The third-order valence-electron chi connectivity index (χ3n) is 2.17. The SMILES string of the molecule is FC(F)(F)Oc1cn[nH]c1Cc1cccc(Cl)c1. The zero-order chi connectivity index (χ0) is 13.2. The smallest absolute Gasteiger partial charge is 0.402 e. The predicted octanol–water partition coefficient (Wildman–Crippen LogP) is 3.55. The van der Waals surface area contributed by atoms with Crippen LogP contribution in [0.15, 0.2) is 30.5 Å². The van der Waals surface area contributed by atoms with Gasteiger partial charge >= 0.3 is 6.36 Å². The van der Waals surface area contributed by atoms with Crippen molar-refractivity contribution < 1.29 is 17.9 Å². The van der Waals surface area contributed by atoms with Crippen molar-refractivity contribution >= 4 is 11.6 Å². The Hall–Kier alpha value is -1.69. The van der Waals surface area contributed by atoms with Crippen molar-refractivity contribution in [2.45, 2.75) is 12.8 Å². The van der Waals surface area contributed by atoms with E-state index in [4.69, 9.17) is 11.6 Å². The normalized spacial score (nSPS) is 11.6. The zero-order valence-electron chi connectivity index (χ0n) is 8.96. The first-order valence-corrected chi connectivity index (χ1v) is 5.34. The summed E-state index contributed by atoms with van der Waals surface area (Å²) in [6.45, 7) is 0. The van der Waals surface area contributed by atoms with Gasteiger partial charge in [-0.2, -0.15) is 5.10 Å². The van der Waals surface area contributed by atoms with Crippen LogP contribution in [0.1, 0.15) is 11.3 Å². The quantitative estimate of drug-likeness (QED) is 0.931. The number of nitrogens with one attached hydrogen (secondary N) is 1. The van der Waals surface area contributed by atoms with Crippen molar-refractivity contribution in [1.29, 1.82) is 0 Å². The molecule has 96 valence electrons. The lowest BCUT2D eigenvalue weighted by Crippen LogP contribution is -2.17. The third kappa shape index (κ3) is 3.40. The van der Waals surface area contributed by atoms with E-state index in [9.17, 15) is 13.2 Å². The summed E-state index contributed by atoms with van der Waals surface area (Å²) < 4.78 is 40.2. The molecule has 0 bridgehead atoms. The molecule has 0 saturated heterocycles. The van der Waals surface area contributed by atoms with Gasteiger partial charge < -0.3 is 4.74 Å². The van der Waals surface area contributed by atoms with E-state index < -0.39 is 6.36 Å². The van der Waals surface area contributed by atoms with E-state index in [0.717, 1.165) is 11.8 Å². The minimum Gasteiger partial charge on any atom is -0.402 e. The van der Waals surface area contributed by atoms with Crippen LogP contribution in [0.25, 0.3) is 0 Å². The van der Waals surface area contributed by atoms with Crippen LogP contribution in [0.4, 0.5) is 13.2 Å². The maximum absolute atomic E-state index is 12.1. The maximum Gasteiger partial charge on any atom is 0.573 e. The number of hydrogen-bond acceptors (Lipinski definition) is 2. The first-order chi connectivity index (χ1) is 8.44. The van der Waals surface area contributed by atoms with Crippen molar-refractivity contribution in [3.05, 3.63) is 46.7 Å². The van der Waals surface area contributed by atoms with Crippen LogP contribution in [0.5, 0.6) is 5.75 Å². The molecule has 1 aromatic heterocycles. The van der Waals surface area contributed by atoms with Crippen molar-refractivity contribution in [3.63, 3.8) is 0 Å². The van der Waals surface area contributed by atoms with E-state index in [0.29, 0.717) is 5.02 Å². The fourth-order valence-corrected chi connectivity index (χ4v) is 1.71. The van der Waals surface area contributed by atoms with Crippen LogP contribution in [0.3, 0.4) is 0 Å². The van der Waals surface area contributed by atoms with E-state index in [-0.39, 0.29) is 17.9 Å². The minimum atomic E-state index is -4.73. The maximum atomic E-state index is 12.1. The predicted molar refractivity (Wildman–Crippen MR) is 59.5 cm³/mol. The van der Waals surface area contributed by atoms with Gasteiger partial charge in [-0.3, -0.25) is 5.10 Å². The van der Waals surface area contributed by atoms with Gasteiger partial charge in [-0.25, -0.2) is 0 Å². The molecular weight excluding hydrogens is 269 g/mol. The standard InChI is InChI=1S/C11H8ClF3N2O/c12-8-3-1-2-7(4-8)5-9-10(6-16-17-9)18-11(13,14)15/h1-4,6H,5H2,(H,16,17). The number of benzene rings is 1. The Bertz CT molecular complexity index is 539. The highest BCUT2D eigenvalue weighted by Gasteiger charge is 2.32. The number of aromatic amines is 1. The Kier molecular flexibility index (Phi) is 3.47. The van der Waals surface area contributed by atoms with Gasteiger partial charge in [0.05, 0.1) is 11.9 Å². The number of aromatic nitrogens is 2. The number of alkyl halides is 3. The number of hydrogen-bond donors (Lipinski definition) is 1. The van der Waals surface area contributed by atoms with E-state index in [1.807, 2.05) is 0 Å². The Morgan fingerprint density at radius 3 is 2.78 bits per heavy atom. The first-order valence-electron chi connectivity index (χ1n) is 4.96. The molecule has 0 atom stereocenters. The van der Waals surface area contributed by atoms with Crippen molar-refractivity contribution in [2.24, 2.45) is 0 Å². The third-order valence-corrected chi connectivity index (χ3v) is 2.41. The molecule has 0 aliphatic heterocycles. The molecule has 3 nitrogen and oxygen atoms in total. The van der Waals surface area contributed by atoms with E-state index >= 15 is 0 Å². The Labute approximate surface area is 106 Å². The second-order valence-corrected chi connectivity index (χ2v) is 4.00. The lowest BCUT2D eigenvalue weighted by molar-refractivity contribution is -0.274. The molecule has 7 heteroatoms. The average molecular weight is 277 g/mol. The molecule has 1 aromatic carbocycles. The molecular formula is C11H8ClF3N2O. The molecule has 0 saturated carbocycles. The molecule has 2 rings (SSSR count). The summed E-state index contributed by atoms with van der Waals surface area (Å²) in [4.78, 5) is 0. The van der Waals surface area contributed by atoms with Gasteiger partial charge in [-0.15, -0.1) is 13.2 Å². The fraction of sp³-hybridized carbons (Fsp3) is 0.182. The van der Waals surface area contributed by atoms with Gasteiger partial charge in [0, 0.05) is 11.4 Å². The van der Waals surface area contributed by atoms with Gasteiger partial charge in [0.1, 0.15) is 0 Å². The lowest BCUT2D eigenvalue weighted by Gasteiger charge is -2.08. The van der Waals surface area contributed by atoms with Crippen molar-refractivity contribution in [1.82, 2.24) is 10.2 Å². The molecule has 18 heavy (non-hydrogen) atoms. The van der Waals surface area contributed by atoms with Gasteiger partial charge in [0.15, 0.2) is 5.75 Å². The van der Waals surface area contributed by atoms with Gasteiger partial charge in [0.2, 0.25) is 0 Å². The van der Waals surface area contributed by atoms with Gasteiger partial charge in [-0.05, 0) is 17.7 Å². The molecule has 0 aliphatic rings. The minimum absolute atomic E-state index is 0.228. The molecule has 0 amide bonds. The largest absolute Gasteiger partial charge is 0.573 e. The van der Waals surface area contributed by atoms with Gasteiger partial charge in [-0.1, -0.05) is 23.7 Å². The Morgan fingerprint density at radius 1 is 1.33 bits per heavy atom. The Morgan fingerprint density at radius 2 is 2.11 bits per heavy atom. The number of rotatable bonds is 3. The van der Waals surface area contributed by atoms with Crippen LogP contribution < -0.4 is 4.74 Å². The molecule has 1 heterocycles. The fourth-order valence-electron chi connectivity index (χ4n) is 1.49. The van der Waals surface area contributed by atoms with Crippen LogP contribution in [0.2, 0.25) is 5.02 Å². The van der Waals surface area contributed by atoms with Crippen LogP contribution in [-0.4, -0.2) is 16.6 Å². The summed E-state index contributed by atoms with van der Waals surface area (Å²) in [5.41, 5.74) is 1.01. The van der Waals surface area contributed by atoms with Crippen LogP contribution in [-0.2, 0) is 6.42 Å². The monoisotopic (exact) mass is 276 g/mol. The number of halogens is 4. The summed E-state index contributed by atoms with van der Waals surface area (Å²) in [5, 5.41) is 6.54. The van der Waals surface area contributed by atoms with Crippen molar-refractivity contribution in [3.8, 4) is 5.75 Å². The molecule has 0 aliphatic carbocycles. The summed E-state index contributed by atoms with van der Waals surface area (Å²) in [5.74, 6) is -0.331. The number of H-pyrrole nitrogens is 1. The molecule has 2 aromatic rings. The average Bonchev–Trinajstić information content (AvgIpc) is 2.63. The topological polar surface area (TPSA) is 37.9 Å². The van der Waals surface area contributed by atoms with Crippen molar-refractivity contribution in [2.75, 3.05) is 0 Å². The summed E-state index contributed by atoms with van der Waals surface area (Å²) in [6, 6.07) is 6.83. The molecule has 0 fully saturated rings. The summed E-state index contributed by atoms with van der Waals surface area (Å²) >= 11 is 5.79. The lowest BCUT2D eigenvalue weighted by atomic mass is 10.1. The first kappa shape index (κ1) is 12.8. The number of nitrogens with zero attached hydrogens (tertiary/aromatic N) is 1. The van der Waals surface area contributed by atoms with Crippen LogP contribution >= 0.6 is 11.6 Å². The van der Waals surface area contributed by atoms with Gasteiger partial charge in [0.25, 0.3) is 0 Å². The second-order valence-electron chi connectivity index (χ2n) is 3.57.